The van der Waals surface area contributed by atoms with Gasteiger partial charge in [-0.25, -0.2) is 47.1 Å². The highest BCUT2D eigenvalue weighted by atomic mass is 32.2. The SMILES string of the molecule is CS(=O)(=O)c1nccc(-c2[nH]c(-c3ccccc3)nc2-c2ccc(F)cc2)n1.CSc1nccc(-c2[nH]c(-c3ccccc3)nc2-c2ccc(F)cc2)n1. The number of halogens is 2. The minimum Gasteiger partial charge on any atom is -0.336 e. The molecular formula is C40H30F2N8O2S2. The van der Waals surface area contributed by atoms with Crippen LogP contribution in [0.3, 0.4) is 0 Å². The molecule has 0 aliphatic heterocycles. The number of nitrogens with one attached hydrogen (secondary N) is 2. The quantitative estimate of drug-likeness (QED) is 0.115. The zero-order valence-corrected chi connectivity index (χ0v) is 30.4. The van der Waals surface area contributed by atoms with Gasteiger partial charge in [0.1, 0.15) is 23.3 Å². The highest BCUT2D eigenvalue weighted by molar-refractivity contribution is 7.98. The predicted octanol–water partition coefficient (Wildman–Crippen LogP) is 8.81. The highest BCUT2D eigenvalue weighted by Crippen LogP contribution is 2.34. The van der Waals surface area contributed by atoms with Crippen molar-refractivity contribution in [2.75, 3.05) is 12.5 Å². The monoisotopic (exact) mass is 756 g/mol. The normalized spacial score (nSPS) is 11.2. The van der Waals surface area contributed by atoms with Crippen molar-refractivity contribution in [2.24, 2.45) is 0 Å². The molecule has 0 atom stereocenters. The van der Waals surface area contributed by atoms with Crippen molar-refractivity contribution in [3.05, 3.63) is 145 Å². The molecule has 4 aromatic carbocycles. The Morgan fingerprint density at radius 2 is 0.981 bits per heavy atom. The van der Waals surface area contributed by atoms with Crippen LogP contribution in [0, 0.1) is 11.6 Å². The molecule has 0 saturated heterocycles. The second-order valence-corrected chi connectivity index (χ2v) is 14.5. The Hall–Kier alpha value is -6.38. The van der Waals surface area contributed by atoms with E-state index in [0.717, 1.165) is 45.9 Å². The second-order valence-electron chi connectivity index (χ2n) is 11.8. The van der Waals surface area contributed by atoms with Crippen LogP contribution in [0.25, 0.3) is 68.1 Å². The fourth-order valence-electron chi connectivity index (χ4n) is 5.45. The van der Waals surface area contributed by atoms with E-state index in [9.17, 15) is 17.2 Å². The van der Waals surface area contributed by atoms with Crippen molar-refractivity contribution < 1.29 is 17.2 Å². The van der Waals surface area contributed by atoms with E-state index in [0.29, 0.717) is 33.6 Å². The van der Waals surface area contributed by atoms with Gasteiger partial charge in [0.15, 0.2) is 5.16 Å². The van der Waals surface area contributed by atoms with Crippen LogP contribution in [0.15, 0.2) is 144 Å². The van der Waals surface area contributed by atoms with E-state index in [-0.39, 0.29) is 16.8 Å². The third-order valence-electron chi connectivity index (χ3n) is 8.03. The average molecular weight is 757 g/mol. The first-order valence-electron chi connectivity index (χ1n) is 16.4. The number of imidazole rings is 2. The summed E-state index contributed by atoms with van der Waals surface area (Å²) >= 11 is 1.48. The summed E-state index contributed by atoms with van der Waals surface area (Å²) in [6.07, 6.45) is 6.10. The van der Waals surface area contributed by atoms with Gasteiger partial charge in [-0.3, -0.25) is 0 Å². The number of sulfone groups is 1. The van der Waals surface area contributed by atoms with Crippen LogP contribution in [-0.2, 0) is 9.84 Å². The Morgan fingerprint density at radius 3 is 1.43 bits per heavy atom. The fourth-order valence-corrected chi connectivity index (χ4v) is 6.33. The average Bonchev–Trinajstić information content (AvgIpc) is 3.86. The molecule has 8 rings (SSSR count). The number of aromatic nitrogens is 8. The number of H-pyrrole nitrogens is 2. The molecule has 0 radical (unpaired) electrons. The molecule has 0 spiro atoms. The Morgan fingerprint density at radius 1 is 0.537 bits per heavy atom. The lowest BCUT2D eigenvalue weighted by atomic mass is 10.1. The number of benzene rings is 4. The van der Waals surface area contributed by atoms with Crippen LogP contribution in [0.5, 0.6) is 0 Å². The number of rotatable bonds is 8. The first-order chi connectivity index (χ1) is 26.2. The summed E-state index contributed by atoms with van der Waals surface area (Å²) in [4.78, 5) is 32.8. The van der Waals surface area contributed by atoms with Crippen molar-refractivity contribution >= 4 is 21.6 Å². The summed E-state index contributed by atoms with van der Waals surface area (Å²) in [5.74, 6) is 0.699. The smallest absolute Gasteiger partial charge is 0.247 e. The highest BCUT2D eigenvalue weighted by Gasteiger charge is 2.20. The summed E-state index contributed by atoms with van der Waals surface area (Å²) in [7, 11) is -3.57. The molecule has 0 unspecified atom stereocenters. The summed E-state index contributed by atoms with van der Waals surface area (Å²) in [6, 6.07) is 35.0. The third-order valence-corrected chi connectivity index (χ3v) is 9.45. The Bertz CT molecular complexity index is 2640. The van der Waals surface area contributed by atoms with Crippen molar-refractivity contribution in [1.29, 1.82) is 0 Å². The molecule has 2 N–H and O–H groups in total. The van der Waals surface area contributed by atoms with Gasteiger partial charge < -0.3 is 9.97 Å². The van der Waals surface area contributed by atoms with Crippen molar-refractivity contribution in [3.63, 3.8) is 0 Å². The molecule has 0 fully saturated rings. The molecule has 0 bridgehead atoms. The molecule has 0 aliphatic carbocycles. The van der Waals surface area contributed by atoms with E-state index in [1.54, 1.807) is 36.5 Å². The van der Waals surface area contributed by atoms with Crippen LogP contribution in [-0.4, -0.2) is 60.8 Å². The Balaban J connectivity index is 0.000000167. The first kappa shape index (κ1) is 36.0. The minimum atomic E-state index is -3.57. The molecule has 4 heterocycles. The molecule has 8 aromatic rings. The lowest BCUT2D eigenvalue weighted by Gasteiger charge is -2.04. The molecule has 54 heavy (non-hydrogen) atoms. The summed E-state index contributed by atoms with van der Waals surface area (Å²) in [5, 5.41) is 0.411. The predicted molar refractivity (Wildman–Crippen MR) is 206 cm³/mol. The summed E-state index contributed by atoms with van der Waals surface area (Å²) in [5.41, 5.74) is 7.04. The molecule has 14 heteroatoms. The van der Waals surface area contributed by atoms with Crippen LogP contribution in [0.2, 0.25) is 0 Å². The van der Waals surface area contributed by atoms with Gasteiger partial charge in [0, 0.05) is 40.9 Å². The molecule has 0 amide bonds. The van der Waals surface area contributed by atoms with E-state index in [4.69, 9.17) is 4.98 Å². The fraction of sp³-hybridized carbons (Fsp3) is 0.0500. The van der Waals surface area contributed by atoms with E-state index in [1.165, 1.54) is 42.2 Å². The van der Waals surface area contributed by atoms with E-state index < -0.39 is 9.84 Å². The zero-order chi connectivity index (χ0) is 37.7. The lowest BCUT2D eigenvalue weighted by Crippen LogP contribution is -2.04. The van der Waals surface area contributed by atoms with Gasteiger partial charge in [-0.2, -0.15) is 0 Å². The number of hydrogen-bond donors (Lipinski definition) is 2. The standard InChI is InChI=1S/C20H15FN4O2S.C20H15FN4S/c1-28(26,27)20-22-12-11-16(23-20)18-17(13-7-9-15(21)10-8-13)24-19(25-18)14-5-3-2-4-6-14;1-26-20-22-12-11-16(23-20)18-17(13-7-9-15(21)10-8-13)24-19(25-18)14-5-3-2-4-6-14/h2-12H,1H3,(H,24,25);2-12H,1H3,(H,24,25). The Labute approximate surface area is 313 Å². The van der Waals surface area contributed by atoms with Crippen LogP contribution >= 0.6 is 11.8 Å². The maximum absolute atomic E-state index is 13.4. The number of aromatic amines is 2. The third kappa shape index (κ3) is 8.14. The minimum absolute atomic E-state index is 0.272. The van der Waals surface area contributed by atoms with Crippen LogP contribution in [0.4, 0.5) is 8.78 Å². The van der Waals surface area contributed by atoms with Gasteiger partial charge in [-0.05, 0) is 66.9 Å². The maximum Gasteiger partial charge on any atom is 0.247 e. The number of hydrogen-bond acceptors (Lipinski definition) is 9. The number of thioether (sulfide) groups is 1. The van der Waals surface area contributed by atoms with Crippen molar-refractivity contribution in [3.8, 4) is 68.1 Å². The molecule has 10 nitrogen and oxygen atoms in total. The van der Waals surface area contributed by atoms with Gasteiger partial charge in [-0.15, -0.1) is 0 Å². The Kier molecular flexibility index (Phi) is 10.5. The van der Waals surface area contributed by atoms with Gasteiger partial charge >= 0.3 is 0 Å². The molecule has 4 aromatic heterocycles. The zero-order valence-electron chi connectivity index (χ0n) is 28.8. The van der Waals surface area contributed by atoms with E-state index in [1.807, 2.05) is 73.0 Å². The largest absolute Gasteiger partial charge is 0.336 e. The lowest BCUT2D eigenvalue weighted by molar-refractivity contribution is 0.593. The van der Waals surface area contributed by atoms with Crippen molar-refractivity contribution in [1.82, 2.24) is 39.9 Å². The van der Waals surface area contributed by atoms with Crippen LogP contribution < -0.4 is 0 Å². The second kappa shape index (κ2) is 15.7. The summed E-state index contributed by atoms with van der Waals surface area (Å²) < 4.78 is 50.4. The number of nitrogens with zero attached hydrogens (tertiary/aromatic N) is 6. The van der Waals surface area contributed by atoms with Crippen LogP contribution in [0.1, 0.15) is 0 Å². The first-order valence-corrected chi connectivity index (χ1v) is 19.5. The topological polar surface area (TPSA) is 143 Å². The van der Waals surface area contributed by atoms with E-state index >= 15 is 0 Å². The molecular weight excluding hydrogens is 727 g/mol. The van der Waals surface area contributed by atoms with E-state index in [2.05, 4.69) is 34.9 Å². The maximum atomic E-state index is 13.4. The molecule has 0 aliphatic rings. The van der Waals surface area contributed by atoms with Gasteiger partial charge in [-0.1, -0.05) is 72.4 Å². The van der Waals surface area contributed by atoms with Gasteiger partial charge in [0.2, 0.25) is 15.0 Å². The van der Waals surface area contributed by atoms with Crippen molar-refractivity contribution in [2.45, 2.75) is 10.3 Å². The summed E-state index contributed by atoms with van der Waals surface area (Å²) in [6.45, 7) is 0. The van der Waals surface area contributed by atoms with Gasteiger partial charge in [0.25, 0.3) is 0 Å². The molecule has 268 valence electrons. The molecule has 0 saturated carbocycles. The van der Waals surface area contributed by atoms with Gasteiger partial charge in [0.05, 0.1) is 34.2 Å².